The highest BCUT2D eigenvalue weighted by molar-refractivity contribution is 5.28. The van der Waals surface area contributed by atoms with Crippen LogP contribution in [0.1, 0.15) is 22.9 Å². The van der Waals surface area contributed by atoms with E-state index in [0.717, 1.165) is 17.5 Å². The summed E-state index contributed by atoms with van der Waals surface area (Å²) < 4.78 is 18.4. The lowest BCUT2D eigenvalue weighted by Gasteiger charge is -2.03. The smallest absolute Gasteiger partial charge is 0.208 e. The third kappa shape index (κ3) is 3.07. The van der Waals surface area contributed by atoms with Gasteiger partial charge in [-0.3, -0.25) is 0 Å². The van der Waals surface area contributed by atoms with E-state index in [-0.39, 0.29) is 5.75 Å². The standard InChI is InChI=1S/C13H15FN2O2/c1-8-9(2)18-13(16-8)7-15-6-10-3-11(14)5-12(17)4-10/h3-5,15,17H,6-7H2,1-2H3. The van der Waals surface area contributed by atoms with Crippen LogP contribution in [0.25, 0.3) is 0 Å². The Kier molecular flexibility index (Phi) is 3.62. The number of rotatable bonds is 4. The minimum absolute atomic E-state index is 0.0744. The molecule has 18 heavy (non-hydrogen) atoms. The Hall–Kier alpha value is -1.88. The lowest BCUT2D eigenvalue weighted by molar-refractivity contribution is 0.447. The van der Waals surface area contributed by atoms with E-state index >= 15 is 0 Å². The number of aryl methyl sites for hydroxylation is 2. The average Bonchev–Trinajstić information content (AvgIpc) is 2.57. The minimum atomic E-state index is -0.449. The fourth-order valence-corrected chi connectivity index (χ4v) is 1.66. The van der Waals surface area contributed by atoms with E-state index in [4.69, 9.17) is 4.42 Å². The highest BCUT2D eigenvalue weighted by Crippen LogP contribution is 2.14. The van der Waals surface area contributed by atoms with Gasteiger partial charge in [-0.2, -0.15) is 0 Å². The van der Waals surface area contributed by atoms with Crippen LogP contribution in [-0.4, -0.2) is 10.1 Å². The van der Waals surface area contributed by atoms with Gasteiger partial charge < -0.3 is 14.8 Å². The zero-order chi connectivity index (χ0) is 13.1. The Morgan fingerprint density at radius 3 is 2.67 bits per heavy atom. The van der Waals surface area contributed by atoms with Gasteiger partial charge in [0.1, 0.15) is 17.3 Å². The molecule has 1 aromatic heterocycles. The molecule has 0 aliphatic carbocycles. The molecular formula is C13H15FN2O2. The molecule has 2 aromatic rings. The van der Waals surface area contributed by atoms with Crippen molar-refractivity contribution < 1.29 is 13.9 Å². The molecule has 2 N–H and O–H groups in total. The Morgan fingerprint density at radius 1 is 1.28 bits per heavy atom. The molecule has 0 atom stereocenters. The van der Waals surface area contributed by atoms with E-state index in [0.29, 0.717) is 24.5 Å². The molecule has 0 fully saturated rings. The van der Waals surface area contributed by atoms with Crippen LogP contribution in [0.4, 0.5) is 4.39 Å². The number of aromatic hydroxyl groups is 1. The van der Waals surface area contributed by atoms with E-state index in [2.05, 4.69) is 10.3 Å². The normalized spacial score (nSPS) is 10.8. The van der Waals surface area contributed by atoms with Gasteiger partial charge >= 0.3 is 0 Å². The number of phenolic OH excluding ortho intramolecular Hbond substituents is 1. The Labute approximate surface area is 104 Å². The first-order chi connectivity index (χ1) is 8.54. The Bertz CT molecular complexity index is 512. The van der Waals surface area contributed by atoms with Crippen molar-refractivity contribution in [3.63, 3.8) is 0 Å². The quantitative estimate of drug-likeness (QED) is 0.875. The number of halogens is 1. The molecule has 2 rings (SSSR count). The summed E-state index contributed by atoms with van der Waals surface area (Å²) in [5.74, 6) is 0.880. The second kappa shape index (κ2) is 5.18. The van der Waals surface area contributed by atoms with Crippen LogP contribution in [0.2, 0.25) is 0 Å². The second-order valence-corrected chi connectivity index (χ2v) is 4.17. The second-order valence-electron chi connectivity index (χ2n) is 4.17. The molecule has 0 bridgehead atoms. The largest absolute Gasteiger partial charge is 0.508 e. The van der Waals surface area contributed by atoms with Gasteiger partial charge in [-0.25, -0.2) is 9.37 Å². The van der Waals surface area contributed by atoms with Crippen molar-refractivity contribution >= 4 is 0 Å². The zero-order valence-corrected chi connectivity index (χ0v) is 10.3. The minimum Gasteiger partial charge on any atom is -0.508 e. The number of oxazole rings is 1. The van der Waals surface area contributed by atoms with Crippen LogP contribution in [-0.2, 0) is 13.1 Å². The lowest BCUT2D eigenvalue weighted by Crippen LogP contribution is -2.13. The number of hydrogen-bond acceptors (Lipinski definition) is 4. The molecule has 1 heterocycles. The molecule has 96 valence electrons. The summed E-state index contributed by atoms with van der Waals surface area (Å²) in [5.41, 5.74) is 1.54. The van der Waals surface area contributed by atoms with Crippen molar-refractivity contribution in [3.05, 3.63) is 46.9 Å². The maximum absolute atomic E-state index is 13.0. The van der Waals surface area contributed by atoms with E-state index in [1.807, 2.05) is 13.8 Å². The number of phenols is 1. The molecule has 0 saturated carbocycles. The SMILES string of the molecule is Cc1nc(CNCc2cc(O)cc(F)c2)oc1C. The molecule has 5 heteroatoms. The summed E-state index contributed by atoms with van der Waals surface area (Å²) in [6.45, 7) is 4.64. The van der Waals surface area contributed by atoms with Crippen LogP contribution in [0, 0.1) is 19.7 Å². The molecular weight excluding hydrogens is 235 g/mol. The number of hydrogen-bond donors (Lipinski definition) is 2. The van der Waals surface area contributed by atoms with Crippen molar-refractivity contribution in [1.82, 2.24) is 10.3 Å². The summed E-state index contributed by atoms with van der Waals surface area (Å²) in [4.78, 5) is 4.22. The van der Waals surface area contributed by atoms with E-state index in [1.165, 1.54) is 12.1 Å². The number of aromatic nitrogens is 1. The van der Waals surface area contributed by atoms with Gasteiger partial charge in [-0.05, 0) is 31.5 Å². The van der Waals surface area contributed by atoms with Crippen LogP contribution in [0.3, 0.4) is 0 Å². The van der Waals surface area contributed by atoms with E-state index in [1.54, 1.807) is 0 Å². The topological polar surface area (TPSA) is 58.3 Å². The zero-order valence-electron chi connectivity index (χ0n) is 10.3. The van der Waals surface area contributed by atoms with Gasteiger partial charge in [0.15, 0.2) is 0 Å². The monoisotopic (exact) mass is 250 g/mol. The van der Waals surface area contributed by atoms with Crippen LogP contribution in [0.15, 0.2) is 22.6 Å². The van der Waals surface area contributed by atoms with Gasteiger partial charge in [-0.1, -0.05) is 0 Å². The highest BCUT2D eigenvalue weighted by Gasteiger charge is 2.05. The molecule has 0 aliphatic heterocycles. The predicted molar refractivity (Wildman–Crippen MR) is 64.6 cm³/mol. The molecule has 0 saturated heterocycles. The summed E-state index contributed by atoms with van der Waals surface area (Å²) in [7, 11) is 0. The van der Waals surface area contributed by atoms with E-state index < -0.39 is 5.82 Å². The Balaban J connectivity index is 1.92. The maximum atomic E-state index is 13.0. The van der Waals surface area contributed by atoms with Gasteiger partial charge in [0.25, 0.3) is 0 Å². The fraction of sp³-hybridized carbons (Fsp3) is 0.308. The average molecular weight is 250 g/mol. The summed E-state index contributed by atoms with van der Waals surface area (Å²) in [6, 6.07) is 3.96. The van der Waals surface area contributed by atoms with Gasteiger partial charge in [0.2, 0.25) is 5.89 Å². The Morgan fingerprint density at radius 2 is 2.06 bits per heavy atom. The molecule has 0 spiro atoms. The molecule has 1 aromatic carbocycles. The fourth-order valence-electron chi connectivity index (χ4n) is 1.66. The molecule has 0 unspecified atom stereocenters. The summed E-state index contributed by atoms with van der Waals surface area (Å²) in [5, 5.41) is 12.3. The van der Waals surface area contributed by atoms with Crippen molar-refractivity contribution in [2.45, 2.75) is 26.9 Å². The third-order valence-corrected chi connectivity index (χ3v) is 2.62. The number of nitrogens with one attached hydrogen (secondary N) is 1. The number of nitrogens with zero attached hydrogens (tertiary/aromatic N) is 1. The first kappa shape index (κ1) is 12.6. The van der Waals surface area contributed by atoms with Gasteiger partial charge in [-0.15, -0.1) is 0 Å². The number of benzene rings is 1. The summed E-state index contributed by atoms with van der Waals surface area (Å²) in [6.07, 6.45) is 0. The first-order valence-electron chi connectivity index (χ1n) is 5.66. The van der Waals surface area contributed by atoms with Crippen LogP contribution in [0.5, 0.6) is 5.75 Å². The molecule has 0 radical (unpaired) electrons. The van der Waals surface area contributed by atoms with Crippen molar-refractivity contribution in [2.75, 3.05) is 0 Å². The molecule has 0 aliphatic rings. The van der Waals surface area contributed by atoms with Crippen molar-refractivity contribution in [3.8, 4) is 5.75 Å². The maximum Gasteiger partial charge on any atom is 0.208 e. The van der Waals surface area contributed by atoms with Crippen LogP contribution >= 0.6 is 0 Å². The molecule has 0 amide bonds. The lowest BCUT2D eigenvalue weighted by atomic mass is 10.2. The first-order valence-corrected chi connectivity index (χ1v) is 5.66. The predicted octanol–water partition coefficient (Wildman–Crippen LogP) is 2.43. The highest BCUT2D eigenvalue weighted by atomic mass is 19.1. The molecule has 4 nitrogen and oxygen atoms in total. The third-order valence-electron chi connectivity index (χ3n) is 2.62. The summed E-state index contributed by atoms with van der Waals surface area (Å²) >= 11 is 0. The van der Waals surface area contributed by atoms with Crippen molar-refractivity contribution in [1.29, 1.82) is 0 Å². The van der Waals surface area contributed by atoms with Gasteiger partial charge in [0, 0.05) is 12.6 Å². The van der Waals surface area contributed by atoms with Crippen molar-refractivity contribution in [2.24, 2.45) is 0 Å². The van der Waals surface area contributed by atoms with Crippen LogP contribution < -0.4 is 5.32 Å². The van der Waals surface area contributed by atoms with E-state index in [9.17, 15) is 9.50 Å². The van der Waals surface area contributed by atoms with Gasteiger partial charge in [0.05, 0.1) is 12.2 Å².